The number of rotatable bonds is 2. The van der Waals surface area contributed by atoms with Gasteiger partial charge in [0.1, 0.15) is 5.75 Å². The van der Waals surface area contributed by atoms with E-state index in [-0.39, 0.29) is 0 Å². The van der Waals surface area contributed by atoms with Crippen molar-refractivity contribution in [3.05, 3.63) is 22.5 Å². The molecule has 4 heteroatoms. The molecule has 2 nitrogen and oxygen atoms in total. The number of nitrogens with two attached hydrogens (primary N) is 1. The van der Waals surface area contributed by atoms with E-state index in [4.69, 9.17) is 22.1 Å². The normalized spacial score (nSPS) is 10.7. The van der Waals surface area contributed by atoms with Crippen LogP contribution in [-0.4, -0.2) is 6.61 Å². The smallest absolute Gasteiger partial charge is 0.139 e. The molecule has 1 heterocycles. The molecule has 0 amide bonds. The molecule has 14 heavy (non-hydrogen) atoms. The molecule has 2 aromatic rings. The second kappa shape index (κ2) is 3.67. The molecular weight excluding hydrogens is 218 g/mol. The molecule has 0 spiro atoms. The highest BCUT2D eigenvalue weighted by molar-refractivity contribution is 7.18. The first kappa shape index (κ1) is 9.62. The molecule has 2 rings (SSSR count). The Hall–Kier alpha value is -0.930. The summed E-state index contributed by atoms with van der Waals surface area (Å²) < 4.78 is 6.47. The van der Waals surface area contributed by atoms with Crippen LogP contribution in [0.15, 0.2) is 17.5 Å². The number of hydrogen-bond acceptors (Lipinski definition) is 3. The first-order chi connectivity index (χ1) is 6.74. The van der Waals surface area contributed by atoms with Crippen molar-refractivity contribution in [2.24, 2.45) is 0 Å². The Balaban J connectivity index is 2.70. The number of ether oxygens (including phenoxy) is 1. The van der Waals surface area contributed by atoms with Gasteiger partial charge in [-0.2, -0.15) is 0 Å². The van der Waals surface area contributed by atoms with Gasteiger partial charge in [0.15, 0.2) is 0 Å². The van der Waals surface area contributed by atoms with Gasteiger partial charge in [-0.15, -0.1) is 11.3 Å². The highest BCUT2D eigenvalue weighted by atomic mass is 35.5. The van der Waals surface area contributed by atoms with Gasteiger partial charge in [-0.05, 0) is 19.1 Å². The van der Waals surface area contributed by atoms with Gasteiger partial charge in [-0.25, -0.2) is 0 Å². The number of hydrogen-bond donors (Lipinski definition) is 1. The molecule has 0 aliphatic heterocycles. The molecule has 0 bridgehead atoms. The molecule has 0 atom stereocenters. The molecular formula is C10H10ClNOS. The minimum Gasteiger partial charge on any atom is -0.492 e. The van der Waals surface area contributed by atoms with E-state index >= 15 is 0 Å². The van der Waals surface area contributed by atoms with Gasteiger partial charge in [-0.1, -0.05) is 11.6 Å². The van der Waals surface area contributed by atoms with Crippen molar-refractivity contribution in [1.82, 2.24) is 0 Å². The van der Waals surface area contributed by atoms with Gasteiger partial charge in [0, 0.05) is 11.1 Å². The Morgan fingerprint density at radius 2 is 2.29 bits per heavy atom. The quantitative estimate of drug-likeness (QED) is 0.797. The van der Waals surface area contributed by atoms with Crippen molar-refractivity contribution in [1.29, 1.82) is 0 Å². The zero-order chi connectivity index (χ0) is 10.1. The van der Waals surface area contributed by atoms with Crippen LogP contribution in [0.1, 0.15) is 6.92 Å². The lowest BCUT2D eigenvalue weighted by Crippen LogP contribution is -1.90. The second-order valence-corrected chi connectivity index (χ2v) is 4.16. The lowest BCUT2D eigenvalue weighted by atomic mass is 10.2. The first-order valence-electron chi connectivity index (χ1n) is 4.32. The molecule has 1 aromatic carbocycles. The summed E-state index contributed by atoms with van der Waals surface area (Å²) in [6, 6.07) is 3.62. The predicted octanol–water partition coefficient (Wildman–Crippen LogP) is 3.54. The maximum Gasteiger partial charge on any atom is 0.139 e. The summed E-state index contributed by atoms with van der Waals surface area (Å²) in [6.45, 7) is 2.58. The first-order valence-corrected chi connectivity index (χ1v) is 5.57. The zero-order valence-electron chi connectivity index (χ0n) is 7.71. The van der Waals surface area contributed by atoms with Crippen LogP contribution in [0.3, 0.4) is 0 Å². The fourth-order valence-electron chi connectivity index (χ4n) is 1.36. The van der Waals surface area contributed by atoms with E-state index in [1.54, 1.807) is 17.4 Å². The molecule has 0 fully saturated rings. The lowest BCUT2D eigenvalue weighted by molar-refractivity contribution is 0.345. The van der Waals surface area contributed by atoms with E-state index in [1.165, 1.54) is 0 Å². The third-order valence-electron chi connectivity index (χ3n) is 1.97. The van der Waals surface area contributed by atoms with Gasteiger partial charge in [0.25, 0.3) is 0 Å². The molecule has 74 valence electrons. The van der Waals surface area contributed by atoms with E-state index in [0.29, 0.717) is 11.6 Å². The van der Waals surface area contributed by atoms with Gasteiger partial charge in [0.2, 0.25) is 0 Å². The molecule has 0 saturated heterocycles. The summed E-state index contributed by atoms with van der Waals surface area (Å²) in [4.78, 5) is 0. The largest absolute Gasteiger partial charge is 0.492 e. The molecule has 0 aliphatic carbocycles. The second-order valence-electron chi connectivity index (χ2n) is 2.87. The number of halogens is 1. The van der Waals surface area contributed by atoms with E-state index in [9.17, 15) is 0 Å². The van der Waals surface area contributed by atoms with Crippen LogP contribution < -0.4 is 10.5 Å². The third kappa shape index (κ3) is 1.42. The highest BCUT2D eigenvalue weighted by Crippen LogP contribution is 2.40. The summed E-state index contributed by atoms with van der Waals surface area (Å²) in [6.07, 6.45) is 0. The number of thiophene rings is 1. The Morgan fingerprint density at radius 1 is 1.50 bits per heavy atom. The Labute approximate surface area is 91.2 Å². The minimum absolute atomic E-state index is 0.636. The number of nitrogen functional groups attached to an aromatic ring is 1. The predicted molar refractivity (Wildman–Crippen MR) is 62.4 cm³/mol. The fraction of sp³-hybridized carbons (Fsp3) is 0.200. The van der Waals surface area contributed by atoms with Crippen LogP contribution in [-0.2, 0) is 0 Å². The average molecular weight is 228 g/mol. The van der Waals surface area contributed by atoms with Crippen LogP contribution in [0.4, 0.5) is 5.69 Å². The minimum atomic E-state index is 0.636. The summed E-state index contributed by atoms with van der Waals surface area (Å²) >= 11 is 7.64. The van der Waals surface area contributed by atoms with Gasteiger partial charge in [0.05, 0.1) is 21.7 Å². The van der Waals surface area contributed by atoms with Crippen molar-refractivity contribution in [3.8, 4) is 5.75 Å². The number of benzene rings is 1. The van der Waals surface area contributed by atoms with Crippen LogP contribution >= 0.6 is 22.9 Å². The fourth-order valence-corrected chi connectivity index (χ4v) is 2.61. The van der Waals surface area contributed by atoms with E-state index in [0.717, 1.165) is 21.5 Å². The molecule has 0 radical (unpaired) electrons. The van der Waals surface area contributed by atoms with Gasteiger partial charge in [-0.3, -0.25) is 0 Å². The van der Waals surface area contributed by atoms with Crippen molar-refractivity contribution < 1.29 is 4.74 Å². The maximum atomic E-state index is 6.08. The zero-order valence-corrected chi connectivity index (χ0v) is 9.28. The highest BCUT2D eigenvalue weighted by Gasteiger charge is 2.10. The van der Waals surface area contributed by atoms with E-state index in [1.807, 2.05) is 18.4 Å². The molecule has 0 aliphatic rings. The molecule has 0 saturated carbocycles. The van der Waals surface area contributed by atoms with Gasteiger partial charge < -0.3 is 10.5 Å². The lowest BCUT2D eigenvalue weighted by Gasteiger charge is -2.02. The Bertz CT molecular complexity index is 466. The summed E-state index contributed by atoms with van der Waals surface area (Å²) in [7, 11) is 0. The summed E-state index contributed by atoms with van der Waals surface area (Å²) in [5.74, 6) is 0.824. The number of fused-ring (bicyclic) bond motifs is 1. The molecule has 0 unspecified atom stereocenters. The van der Waals surface area contributed by atoms with Crippen LogP contribution in [0.2, 0.25) is 5.02 Å². The van der Waals surface area contributed by atoms with Crippen LogP contribution in [0.25, 0.3) is 10.1 Å². The maximum absolute atomic E-state index is 6.08. The van der Waals surface area contributed by atoms with Crippen molar-refractivity contribution in [2.75, 3.05) is 12.3 Å². The van der Waals surface area contributed by atoms with Crippen LogP contribution in [0.5, 0.6) is 5.75 Å². The van der Waals surface area contributed by atoms with Crippen molar-refractivity contribution in [3.63, 3.8) is 0 Å². The Kier molecular flexibility index (Phi) is 2.52. The topological polar surface area (TPSA) is 35.2 Å². The van der Waals surface area contributed by atoms with Crippen molar-refractivity contribution in [2.45, 2.75) is 6.92 Å². The SMILES string of the molecule is CCOc1csc2c(N)ccc(Cl)c12. The van der Waals surface area contributed by atoms with E-state index < -0.39 is 0 Å². The summed E-state index contributed by atoms with van der Waals surface area (Å²) in [5, 5.41) is 3.56. The van der Waals surface area contributed by atoms with Crippen LogP contribution in [0, 0.1) is 0 Å². The monoisotopic (exact) mass is 227 g/mol. The Morgan fingerprint density at radius 3 is 3.00 bits per heavy atom. The third-order valence-corrected chi connectivity index (χ3v) is 3.29. The average Bonchev–Trinajstić information content (AvgIpc) is 2.58. The number of anilines is 1. The van der Waals surface area contributed by atoms with Crippen molar-refractivity contribution >= 4 is 38.7 Å². The summed E-state index contributed by atoms with van der Waals surface area (Å²) in [5.41, 5.74) is 6.58. The standard InChI is InChI=1S/C10H10ClNOS/c1-2-13-8-5-14-10-7(12)4-3-6(11)9(8)10/h3-5H,2,12H2,1H3. The van der Waals surface area contributed by atoms with E-state index in [2.05, 4.69) is 0 Å². The molecule has 1 aromatic heterocycles. The molecule has 2 N–H and O–H groups in total. The van der Waals surface area contributed by atoms with Gasteiger partial charge >= 0.3 is 0 Å².